The van der Waals surface area contributed by atoms with Crippen LogP contribution in [-0.2, 0) is 11.8 Å². The van der Waals surface area contributed by atoms with Gasteiger partial charge in [-0.3, -0.25) is 0 Å². The summed E-state index contributed by atoms with van der Waals surface area (Å²) in [6.45, 7) is 3.91. The van der Waals surface area contributed by atoms with E-state index in [1.807, 2.05) is 19.9 Å². The molecule has 1 aromatic carbocycles. The lowest BCUT2D eigenvalue weighted by Gasteiger charge is -2.25. The number of hydrogen-bond acceptors (Lipinski definition) is 2. The van der Waals surface area contributed by atoms with Gasteiger partial charge in [0.15, 0.2) is 0 Å². The first kappa shape index (κ1) is 11.2. The minimum atomic E-state index is -0.406. The molecular formula is C14H18N2. The largest absolute Gasteiger partial charge is 0.324 e. The van der Waals surface area contributed by atoms with Gasteiger partial charge in [-0.15, -0.1) is 0 Å². The molecule has 84 valence electrons. The predicted molar refractivity (Wildman–Crippen MR) is 64.9 cm³/mol. The molecule has 2 rings (SSSR count). The van der Waals surface area contributed by atoms with Crippen molar-refractivity contribution in [1.29, 1.82) is 5.26 Å². The first-order valence-corrected chi connectivity index (χ1v) is 5.85. The van der Waals surface area contributed by atoms with Crippen LogP contribution in [0.1, 0.15) is 49.4 Å². The zero-order chi connectivity index (χ0) is 11.8. The van der Waals surface area contributed by atoms with Gasteiger partial charge in [0.1, 0.15) is 0 Å². The zero-order valence-corrected chi connectivity index (χ0v) is 9.96. The second-order valence-corrected chi connectivity index (χ2v) is 5.15. The molecule has 16 heavy (non-hydrogen) atoms. The molecule has 0 aliphatic heterocycles. The molecule has 1 atom stereocenters. The minimum absolute atomic E-state index is 0.183. The standard InChI is InChI=1S/C14H18N2/c1-14(2,9-15)11-6-7-12-10(8-11)4-3-5-13(12)16/h6-8,13H,3-5,16H2,1-2H3. The van der Waals surface area contributed by atoms with Crippen LogP contribution in [0.2, 0.25) is 0 Å². The third kappa shape index (κ3) is 1.83. The summed E-state index contributed by atoms with van der Waals surface area (Å²) >= 11 is 0. The monoisotopic (exact) mass is 214 g/mol. The zero-order valence-electron chi connectivity index (χ0n) is 9.96. The summed E-state index contributed by atoms with van der Waals surface area (Å²) in [5.74, 6) is 0. The molecule has 1 unspecified atom stereocenters. The van der Waals surface area contributed by atoms with Crippen LogP contribution in [0, 0.1) is 11.3 Å². The topological polar surface area (TPSA) is 49.8 Å². The Bertz CT molecular complexity index is 441. The van der Waals surface area contributed by atoms with Gasteiger partial charge in [0.25, 0.3) is 0 Å². The molecule has 0 saturated carbocycles. The van der Waals surface area contributed by atoms with E-state index in [-0.39, 0.29) is 6.04 Å². The molecule has 0 bridgehead atoms. The molecule has 2 heteroatoms. The average molecular weight is 214 g/mol. The lowest BCUT2D eigenvalue weighted by Crippen LogP contribution is -2.20. The van der Waals surface area contributed by atoms with Crippen molar-refractivity contribution in [3.8, 4) is 6.07 Å². The van der Waals surface area contributed by atoms with Gasteiger partial charge in [0.05, 0.1) is 11.5 Å². The van der Waals surface area contributed by atoms with Crippen LogP contribution in [0.15, 0.2) is 18.2 Å². The fraction of sp³-hybridized carbons (Fsp3) is 0.500. The maximum Gasteiger partial charge on any atom is 0.0766 e. The fourth-order valence-electron chi connectivity index (χ4n) is 2.31. The number of aryl methyl sites for hydroxylation is 1. The number of nitriles is 1. The molecule has 1 aliphatic rings. The van der Waals surface area contributed by atoms with Crippen LogP contribution in [0.5, 0.6) is 0 Å². The molecule has 0 aromatic heterocycles. The van der Waals surface area contributed by atoms with Gasteiger partial charge in [-0.25, -0.2) is 0 Å². The van der Waals surface area contributed by atoms with E-state index in [0.29, 0.717) is 0 Å². The van der Waals surface area contributed by atoms with Crippen molar-refractivity contribution >= 4 is 0 Å². The first-order valence-electron chi connectivity index (χ1n) is 5.85. The van der Waals surface area contributed by atoms with Crippen molar-refractivity contribution in [2.24, 2.45) is 5.73 Å². The van der Waals surface area contributed by atoms with Gasteiger partial charge in [0, 0.05) is 6.04 Å². The normalized spacial score (nSPS) is 20.0. The fourth-order valence-corrected chi connectivity index (χ4v) is 2.31. The molecule has 0 radical (unpaired) electrons. The molecule has 1 aromatic rings. The molecule has 0 spiro atoms. The van der Waals surface area contributed by atoms with Crippen LogP contribution in [0.25, 0.3) is 0 Å². The van der Waals surface area contributed by atoms with E-state index in [4.69, 9.17) is 11.0 Å². The van der Waals surface area contributed by atoms with Gasteiger partial charge >= 0.3 is 0 Å². The Hall–Kier alpha value is -1.33. The highest BCUT2D eigenvalue weighted by molar-refractivity contribution is 5.40. The van der Waals surface area contributed by atoms with E-state index in [1.165, 1.54) is 11.1 Å². The second-order valence-electron chi connectivity index (χ2n) is 5.15. The van der Waals surface area contributed by atoms with Crippen molar-refractivity contribution in [3.63, 3.8) is 0 Å². The van der Waals surface area contributed by atoms with Crippen molar-refractivity contribution in [3.05, 3.63) is 34.9 Å². The lowest BCUT2D eigenvalue weighted by molar-refractivity contribution is 0.567. The molecule has 0 heterocycles. The summed E-state index contributed by atoms with van der Waals surface area (Å²) in [6.07, 6.45) is 3.33. The maximum absolute atomic E-state index is 9.13. The number of hydrogen-bond donors (Lipinski definition) is 1. The number of benzene rings is 1. The quantitative estimate of drug-likeness (QED) is 0.781. The third-order valence-electron chi connectivity index (χ3n) is 3.50. The molecule has 2 nitrogen and oxygen atoms in total. The van der Waals surface area contributed by atoms with Gasteiger partial charge < -0.3 is 5.73 Å². The Labute approximate surface area is 97.1 Å². The summed E-state index contributed by atoms with van der Waals surface area (Å²) in [7, 11) is 0. The molecule has 0 fully saturated rings. The number of rotatable bonds is 1. The minimum Gasteiger partial charge on any atom is -0.324 e. The van der Waals surface area contributed by atoms with E-state index in [0.717, 1.165) is 24.8 Å². The van der Waals surface area contributed by atoms with Crippen molar-refractivity contribution in [2.75, 3.05) is 0 Å². The average Bonchev–Trinajstić information content (AvgIpc) is 2.29. The maximum atomic E-state index is 9.13. The second kappa shape index (κ2) is 3.92. The van der Waals surface area contributed by atoms with E-state index < -0.39 is 5.41 Å². The molecular weight excluding hydrogens is 196 g/mol. The SMILES string of the molecule is CC(C)(C#N)c1ccc2c(c1)CCCC2N. The predicted octanol–water partition coefficient (Wildman–Crippen LogP) is 2.82. The third-order valence-corrected chi connectivity index (χ3v) is 3.50. The van der Waals surface area contributed by atoms with Gasteiger partial charge in [-0.1, -0.05) is 18.2 Å². The van der Waals surface area contributed by atoms with E-state index in [2.05, 4.69) is 18.2 Å². The van der Waals surface area contributed by atoms with Crippen LogP contribution >= 0.6 is 0 Å². The highest BCUT2D eigenvalue weighted by Crippen LogP contribution is 2.31. The molecule has 2 N–H and O–H groups in total. The van der Waals surface area contributed by atoms with Gasteiger partial charge in [0.2, 0.25) is 0 Å². The highest BCUT2D eigenvalue weighted by atomic mass is 14.6. The lowest BCUT2D eigenvalue weighted by atomic mass is 9.81. The number of nitrogens with two attached hydrogens (primary N) is 1. The smallest absolute Gasteiger partial charge is 0.0766 e. The Balaban J connectivity index is 2.44. The first-order chi connectivity index (χ1) is 7.54. The Morgan fingerprint density at radius 3 is 2.88 bits per heavy atom. The number of fused-ring (bicyclic) bond motifs is 1. The summed E-state index contributed by atoms with van der Waals surface area (Å²) in [6, 6.07) is 8.85. The van der Waals surface area contributed by atoms with Crippen molar-refractivity contribution in [2.45, 2.75) is 44.6 Å². The van der Waals surface area contributed by atoms with Crippen LogP contribution in [0.4, 0.5) is 0 Å². The Kier molecular flexibility index (Phi) is 2.73. The summed E-state index contributed by atoms with van der Waals surface area (Å²) in [5.41, 5.74) is 9.37. The van der Waals surface area contributed by atoms with Crippen LogP contribution in [-0.4, -0.2) is 0 Å². The summed E-state index contributed by atoms with van der Waals surface area (Å²) in [4.78, 5) is 0. The van der Waals surface area contributed by atoms with Crippen molar-refractivity contribution < 1.29 is 0 Å². The Morgan fingerprint density at radius 1 is 1.44 bits per heavy atom. The summed E-state index contributed by atoms with van der Waals surface area (Å²) in [5, 5.41) is 9.13. The molecule has 0 amide bonds. The summed E-state index contributed by atoms with van der Waals surface area (Å²) < 4.78 is 0. The molecule has 0 saturated heterocycles. The van der Waals surface area contributed by atoms with Gasteiger partial charge in [-0.2, -0.15) is 5.26 Å². The molecule has 1 aliphatic carbocycles. The van der Waals surface area contributed by atoms with Crippen LogP contribution in [0.3, 0.4) is 0 Å². The van der Waals surface area contributed by atoms with E-state index in [1.54, 1.807) is 0 Å². The van der Waals surface area contributed by atoms with E-state index in [9.17, 15) is 0 Å². The van der Waals surface area contributed by atoms with E-state index >= 15 is 0 Å². The van der Waals surface area contributed by atoms with Crippen molar-refractivity contribution in [1.82, 2.24) is 0 Å². The number of nitrogens with zero attached hydrogens (tertiary/aromatic N) is 1. The van der Waals surface area contributed by atoms with Crippen LogP contribution < -0.4 is 5.73 Å². The Morgan fingerprint density at radius 2 is 2.19 bits per heavy atom. The van der Waals surface area contributed by atoms with Gasteiger partial charge in [-0.05, 0) is 49.8 Å². The highest BCUT2D eigenvalue weighted by Gasteiger charge is 2.23.